The molecule has 10 nitrogen and oxygen atoms in total. The van der Waals surface area contributed by atoms with Gasteiger partial charge >= 0.3 is 0 Å². The van der Waals surface area contributed by atoms with Gasteiger partial charge in [0.15, 0.2) is 0 Å². The summed E-state index contributed by atoms with van der Waals surface area (Å²) in [6.45, 7) is 6.45. The highest BCUT2D eigenvalue weighted by Gasteiger charge is 2.32. The second-order valence-corrected chi connectivity index (χ2v) is 8.09. The number of rotatable bonds is 9. The Hall–Kier alpha value is -3.50. The van der Waals surface area contributed by atoms with Crippen molar-refractivity contribution in [2.75, 3.05) is 12.4 Å². The summed E-state index contributed by atoms with van der Waals surface area (Å²) in [5.74, 6) is -1.63. The molecule has 2 aromatic carbocycles. The molecule has 0 aliphatic heterocycles. The van der Waals surface area contributed by atoms with E-state index < -0.39 is 36.0 Å². The Labute approximate surface area is 199 Å². The van der Waals surface area contributed by atoms with Crippen LogP contribution in [0, 0.1) is 5.92 Å². The molecule has 6 N–H and O–H groups in total. The number of amides is 3. The van der Waals surface area contributed by atoms with Crippen molar-refractivity contribution in [3.8, 4) is 0 Å². The first-order valence-electron chi connectivity index (χ1n) is 10.9. The maximum absolute atomic E-state index is 12.9. The van der Waals surface area contributed by atoms with E-state index in [9.17, 15) is 19.5 Å². The predicted molar refractivity (Wildman–Crippen MR) is 130 cm³/mol. The molecule has 3 amide bonds. The number of aliphatic hydroxyl groups excluding tert-OH is 1. The number of likely N-dealkylation sites (N-methyl/N-ethyl adjacent to an activating group) is 1. The normalized spacial score (nSPS) is 14.1. The van der Waals surface area contributed by atoms with Crippen molar-refractivity contribution in [2.24, 2.45) is 5.92 Å². The molecule has 0 aliphatic rings. The topological polar surface area (TPSA) is 157 Å². The number of fused-ring (bicyclic) bond motifs is 1. The minimum Gasteiger partial charge on any atom is -0.483 e. The molecule has 1 unspecified atom stereocenters. The number of hydrogen-bond donors (Lipinski definition) is 6. The zero-order valence-corrected chi connectivity index (χ0v) is 20.0. The molecule has 0 bridgehead atoms. The van der Waals surface area contributed by atoms with E-state index in [2.05, 4.69) is 21.3 Å². The van der Waals surface area contributed by atoms with E-state index in [-0.39, 0.29) is 18.3 Å². The van der Waals surface area contributed by atoms with E-state index in [4.69, 9.17) is 9.90 Å². The van der Waals surface area contributed by atoms with Gasteiger partial charge in [-0.2, -0.15) is 0 Å². The van der Waals surface area contributed by atoms with Crippen molar-refractivity contribution >= 4 is 40.7 Å². The molecule has 186 valence electrons. The zero-order valence-electron chi connectivity index (χ0n) is 20.0. The Morgan fingerprint density at radius 1 is 0.853 bits per heavy atom. The second kappa shape index (κ2) is 13.9. The summed E-state index contributed by atoms with van der Waals surface area (Å²) in [6, 6.07) is 10.6. The van der Waals surface area contributed by atoms with E-state index in [1.807, 2.05) is 36.4 Å². The molecule has 2 rings (SSSR count). The summed E-state index contributed by atoms with van der Waals surface area (Å²) in [5.41, 5.74) is 0.583. The van der Waals surface area contributed by atoms with Crippen LogP contribution < -0.4 is 21.3 Å². The Morgan fingerprint density at radius 2 is 1.41 bits per heavy atom. The summed E-state index contributed by atoms with van der Waals surface area (Å²) >= 11 is 0. The molecule has 0 saturated heterocycles. The van der Waals surface area contributed by atoms with Crippen LogP contribution in [0.3, 0.4) is 0 Å². The molecule has 4 atom stereocenters. The number of carbonyl (C=O) groups excluding carboxylic acids is 3. The molecule has 0 saturated carbocycles. The van der Waals surface area contributed by atoms with Gasteiger partial charge in [0.2, 0.25) is 17.7 Å². The quantitative estimate of drug-likeness (QED) is 0.297. The molecule has 0 aliphatic carbocycles. The fourth-order valence-electron chi connectivity index (χ4n) is 3.14. The average molecular weight is 475 g/mol. The lowest BCUT2D eigenvalue weighted by Crippen LogP contribution is -2.58. The summed E-state index contributed by atoms with van der Waals surface area (Å²) in [5, 5.41) is 29.8. The monoisotopic (exact) mass is 474 g/mol. The van der Waals surface area contributed by atoms with Crippen molar-refractivity contribution in [1.29, 1.82) is 0 Å². The number of anilines is 1. The molecular weight excluding hydrogens is 440 g/mol. The molecule has 0 spiro atoms. The van der Waals surface area contributed by atoms with Gasteiger partial charge in [0.25, 0.3) is 6.47 Å². The van der Waals surface area contributed by atoms with Gasteiger partial charge in [-0.25, -0.2) is 0 Å². The Bertz CT molecular complexity index is 974. The summed E-state index contributed by atoms with van der Waals surface area (Å²) in [6.07, 6.45) is -1.14. The Balaban J connectivity index is 0.00000182. The first-order valence-corrected chi connectivity index (χ1v) is 10.9. The van der Waals surface area contributed by atoms with Crippen LogP contribution in [0.25, 0.3) is 10.8 Å². The largest absolute Gasteiger partial charge is 0.483 e. The van der Waals surface area contributed by atoms with Crippen molar-refractivity contribution in [1.82, 2.24) is 16.0 Å². The average Bonchev–Trinajstić information content (AvgIpc) is 2.80. The van der Waals surface area contributed by atoms with E-state index in [0.717, 1.165) is 10.8 Å². The van der Waals surface area contributed by atoms with Crippen LogP contribution in [0.15, 0.2) is 42.5 Å². The van der Waals surface area contributed by atoms with Crippen LogP contribution in [0.5, 0.6) is 0 Å². The molecule has 0 heterocycles. The smallest absolute Gasteiger partial charge is 0.290 e. The minimum atomic E-state index is -1.19. The van der Waals surface area contributed by atoms with Crippen LogP contribution in [-0.2, 0) is 19.2 Å². The maximum Gasteiger partial charge on any atom is 0.290 e. The molecule has 2 aromatic rings. The van der Waals surface area contributed by atoms with Crippen molar-refractivity contribution in [3.05, 3.63) is 42.5 Å². The number of benzene rings is 2. The highest BCUT2D eigenvalue weighted by molar-refractivity contribution is 6.05. The van der Waals surface area contributed by atoms with E-state index in [0.29, 0.717) is 5.69 Å². The summed E-state index contributed by atoms with van der Waals surface area (Å²) in [4.78, 5) is 46.4. The van der Waals surface area contributed by atoms with Gasteiger partial charge < -0.3 is 31.5 Å². The standard InChI is InChI=1S/C23H32N4O4.CH2O2/c1-13(2)19(26-21(29)14(3)24-5)22(30)27-20(15(4)28)23(31)25-18-12-8-10-16-9-6-7-11-17(16)18;2-1-3/h6-15,19-20,24,28H,1-5H3,(H,25,31)(H,26,29)(H,27,30);1H,(H,2,3)/t14-,15?,19-,20-;/m0./s1. The molecule has 0 radical (unpaired) electrons. The van der Waals surface area contributed by atoms with Crippen LogP contribution in [0.1, 0.15) is 27.7 Å². The van der Waals surface area contributed by atoms with Gasteiger partial charge in [0.05, 0.1) is 12.1 Å². The highest BCUT2D eigenvalue weighted by Crippen LogP contribution is 2.23. The lowest BCUT2D eigenvalue weighted by Gasteiger charge is -2.27. The van der Waals surface area contributed by atoms with Crippen LogP contribution in [0.4, 0.5) is 5.69 Å². The van der Waals surface area contributed by atoms with Gasteiger partial charge in [-0.1, -0.05) is 50.2 Å². The molecule has 0 aromatic heterocycles. The number of carbonyl (C=O) groups is 4. The first kappa shape index (κ1) is 28.5. The SMILES string of the molecule is CN[C@@H](C)C(=O)N[C@H](C(=O)N[C@H](C(=O)Nc1cccc2ccccc12)C(C)O)C(C)C.O=CO. The third-order valence-corrected chi connectivity index (χ3v) is 5.18. The third kappa shape index (κ3) is 8.13. The fourth-order valence-corrected chi connectivity index (χ4v) is 3.14. The number of hydrogen-bond acceptors (Lipinski definition) is 6. The van der Waals surface area contributed by atoms with Gasteiger partial charge in [-0.15, -0.1) is 0 Å². The van der Waals surface area contributed by atoms with E-state index >= 15 is 0 Å². The molecule has 34 heavy (non-hydrogen) atoms. The van der Waals surface area contributed by atoms with Gasteiger partial charge in [-0.05, 0) is 38.3 Å². The highest BCUT2D eigenvalue weighted by atomic mass is 16.3. The molecular formula is C24H34N4O6. The third-order valence-electron chi connectivity index (χ3n) is 5.18. The van der Waals surface area contributed by atoms with E-state index in [1.54, 1.807) is 33.9 Å². The van der Waals surface area contributed by atoms with Crippen LogP contribution in [-0.4, -0.2) is 65.7 Å². The van der Waals surface area contributed by atoms with Crippen molar-refractivity contribution in [2.45, 2.75) is 51.9 Å². The van der Waals surface area contributed by atoms with Crippen LogP contribution >= 0.6 is 0 Å². The van der Waals surface area contributed by atoms with E-state index in [1.165, 1.54) is 6.92 Å². The maximum atomic E-state index is 12.9. The second-order valence-electron chi connectivity index (χ2n) is 8.09. The molecule has 10 heteroatoms. The fraction of sp³-hybridized carbons (Fsp3) is 0.417. The minimum absolute atomic E-state index is 0.219. The zero-order chi connectivity index (χ0) is 25.8. The van der Waals surface area contributed by atoms with Crippen molar-refractivity contribution < 1.29 is 29.4 Å². The van der Waals surface area contributed by atoms with Gasteiger partial charge in [0.1, 0.15) is 12.1 Å². The molecule has 0 fully saturated rings. The van der Waals surface area contributed by atoms with Gasteiger partial charge in [0, 0.05) is 11.1 Å². The lowest BCUT2D eigenvalue weighted by molar-refractivity contribution is -0.133. The van der Waals surface area contributed by atoms with Crippen molar-refractivity contribution in [3.63, 3.8) is 0 Å². The summed E-state index contributed by atoms with van der Waals surface area (Å²) in [7, 11) is 1.65. The number of aliphatic hydroxyl groups is 1. The summed E-state index contributed by atoms with van der Waals surface area (Å²) < 4.78 is 0. The lowest BCUT2D eigenvalue weighted by atomic mass is 10.0. The number of carboxylic acid groups (broad SMARTS) is 1. The number of nitrogens with one attached hydrogen (secondary N) is 4. The van der Waals surface area contributed by atoms with Gasteiger partial charge in [-0.3, -0.25) is 19.2 Å². The van der Waals surface area contributed by atoms with Crippen LogP contribution in [0.2, 0.25) is 0 Å². The predicted octanol–water partition coefficient (Wildman–Crippen LogP) is 1.09. The Morgan fingerprint density at radius 3 is 1.97 bits per heavy atom. The Kier molecular flexibility index (Phi) is 11.7. The first-order chi connectivity index (χ1) is 16.1.